The molecular formula is C5H6O5. The highest BCUT2D eigenvalue weighted by atomic mass is 16.9. The van der Waals surface area contributed by atoms with E-state index in [1.807, 2.05) is 0 Å². The maximum absolute atomic E-state index is 10.3. The number of cyclic esters (lactones) is 4. The topological polar surface area (TPSA) is 61.8 Å². The van der Waals surface area contributed by atoms with Crippen molar-refractivity contribution >= 4 is 12.3 Å². The van der Waals surface area contributed by atoms with Gasteiger partial charge >= 0.3 is 12.3 Å². The van der Waals surface area contributed by atoms with Gasteiger partial charge in [0, 0.05) is 13.8 Å². The predicted octanol–water partition coefficient (Wildman–Crippen LogP) is 1.03. The quantitative estimate of drug-likeness (QED) is 0.377. The molecule has 10 heavy (non-hydrogen) atoms. The molecule has 1 fully saturated rings. The first-order valence-corrected chi connectivity index (χ1v) is 2.63. The molecule has 1 heterocycles. The van der Waals surface area contributed by atoms with Gasteiger partial charge in [-0.05, 0) is 0 Å². The summed E-state index contributed by atoms with van der Waals surface area (Å²) in [7, 11) is 0. The van der Waals surface area contributed by atoms with Crippen LogP contribution in [0.5, 0.6) is 0 Å². The maximum atomic E-state index is 10.3. The van der Waals surface area contributed by atoms with Crippen molar-refractivity contribution in [2.24, 2.45) is 0 Å². The Morgan fingerprint density at radius 3 is 1.80 bits per heavy atom. The molecule has 0 bridgehead atoms. The normalized spacial score (nSPS) is 22.6. The van der Waals surface area contributed by atoms with Crippen LogP contribution in [0.4, 0.5) is 9.59 Å². The van der Waals surface area contributed by atoms with E-state index in [4.69, 9.17) is 0 Å². The largest absolute Gasteiger partial charge is 0.521 e. The van der Waals surface area contributed by atoms with Crippen LogP contribution in [0.2, 0.25) is 0 Å². The highest BCUT2D eigenvalue weighted by Crippen LogP contribution is 2.17. The fourth-order valence-electron chi connectivity index (χ4n) is 0.532. The minimum absolute atomic E-state index is 1.03. The molecule has 0 aliphatic carbocycles. The van der Waals surface area contributed by atoms with Crippen molar-refractivity contribution in [3.05, 3.63) is 0 Å². The number of hydrogen-bond acceptors (Lipinski definition) is 5. The van der Waals surface area contributed by atoms with E-state index >= 15 is 0 Å². The van der Waals surface area contributed by atoms with Crippen LogP contribution in [0.25, 0.3) is 0 Å². The number of carbonyl (C=O) groups excluding carboxylic acids is 2. The zero-order valence-electron chi connectivity index (χ0n) is 5.54. The van der Waals surface area contributed by atoms with E-state index in [0.29, 0.717) is 0 Å². The molecule has 1 aliphatic heterocycles. The fraction of sp³-hybridized carbons (Fsp3) is 0.600. The third-order valence-electron chi connectivity index (χ3n) is 0.825. The Bertz CT molecular complexity index is 164. The lowest BCUT2D eigenvalue weighted by molar-refractivity contribution is -0.190. The van der Waals surface area contributed by atoms with Crippen molar-refractivity contribution < 1.29 is 23.8 Å². The van der Waals surface area contributed by atoms with Gasteiger partial charge in [-0.3, -0.25) is 0 Å². The van der Waals surface area contributed by atoms with E-state index in [1.165, 1.54) is 13.8 Å². The molecule has 0 aromatic heterocycles. The lowest BCUT2D eigenvalue weighted by atomic mass is 10.4. The fourth-order valence-corrected chi connectivity index (χ4v) is 0.532. The summed E-state index contributed by atoms with van der Waals surface area (Å²) in [5.74, 6) is -1.20. The SMILES string of the molecule is CC1(C)OC(=O)OC(=O)O1. The van der Waals surface area contributed by atoms with Crippen LogP contribution in [0, 0.1) is 0 Å². The summed E-state index contributed by atoms with van der Waals surface area (Å²) >= 11 is 0. The minimum atomic E-state index is -1.20. The zero-order chi connectivity index (χ0) is 7.78. The molecule has 0 saturated carbocycles. The van der Waals surface area contributed by atoms with Gasteiger partial charge in [0.1, 0.15) is 0 Å². The predicted molar refractivity (Wildman–Crippen MR) is 28.1 cm³/mol. The van der Waals surface area contributed by atoms with E-state index in [0.717, 1.165) is 0 Å². The molecule has 0 radical (unpaired) electrons. The molecule has 0 aromatic rings. The summed E-state index contributed by atoms with van der Waals surface area (Å²) in [4.78, 5) is 20.7. The van der Waals surface area contributed by atoms with Crippen molar-refractivity contribution in [1.29, 1.82) is 0 Å². The molecule has 1 saturated heterocycles. The van der Waals surface area contributed by atoms with Crippen LogP contribution in [-0.2, 0) is 14.2 Å². The first kappa shape index (κ1) is 6.85. The van der Waals surface area contributed by atoms with E-state index in [-0.39, 0.29) is 0 Å². The van der Waals surface area contributed by atoms with Crippen LogP contribution in [0.1, 0.15) is 13.8 Å². The van der Waals surface area contributed by atoms with Crippen molar-refractivity contribution in [3.8, 4) is 0 Å². The van der Waals surface area contributed by atoms with Gasteiger partial charge in [-0.15, -0.1) is 0 Å². The van der Waals surface area contributed by atoms with E-state index < -0.39 is 18.1 Å². The van der Waals surface area contributed by atoms with E-state index in [1.54, 1.807) is 0 Å². The van der Waals surface area contributed by atoms with E-state index in [2.05, 4.69) is 14.2 Å². The van der Waals surface area contributed by atoms with Crippen LogP contribution < -0.4 is 0 Å². The first-order chi connectivity index (χ1) is 4.49. The number of carbonyl (C=O) groups is 2. The number of ether oxygens (including phenoxy) is 3. The van der Waals surface area contributed by atoms with Crippen LogP contribution in [0.15, 0.2) is 0 Å². The Hall–Kier alpha value is -1.26. The molecule has 5 heteroatoms. The zero-order valence-corrected chi connectivity index (χ0v) is 5.54. The minimum Gasteiger partial charge on any atom is -0.391 e. The lowest BCUT2D eigenvalue weighted by Crippen LogP contribution is -2.40. The highest BCUT2D eigenvalue weighted by Gasteiger charge is 2.36. The maximum Gasteiger partial charge on any atom is 0.521 e. The first-order valence-electron chi connectivity index (χ1n) is 2.63. The number of rotatable bonds is 0. The second-order valence-electron chi connectivity index (χ2n) is 2.21. The van der Waals surface area contributed by atoms with Gasteiger partial charge in [0.25, 0.3) is 5.79 Å². The van der Waals surface area contributed by atoms with Gasteiger partial charge in [-0.25, -0.2) is 9.59 Å². The molecule has 5 nitrogen and oxygen atoms in total. The summed E-state index contributed by atoms with van der Waals surface area (Å²) in [6.45, 7) is 2.87. The summed E-state index contributed by atoms with van der Waals surface area (Å²) in [5.41, 5.74) is 0. The summed E-state index contributed by atoms with van der Waals surface area (Å²) in [6, 6.07) is 0. The Morgan fingerprint density at radius 2 is 1.50 bits per heavy atom. The van der Waals surface area contributed by atoms with Crippen LogP contribution in [0.3, 0.4) is 0 Å². The second kappa shape index (κ2) is 1.86. The average molecular weight is 146 g/mol. The lowest BCUT2D eigenvalue weighted by Gasteiger charge is -2.26. The van der Waals surface area contributed by atoms with Crippen molar-refractivity contribution in [2.75, 3.05) is 0 Å². The average Bonchev–Trinajstić information content (AvgIpc) is 1.54. The molecule has 0 spiro atoms. The summed E-state index contributed by atoms with van der Waals surface area (Å²) in [6.07, 6.45) is -2.05. The molecule has 0 N–H and O–H groups in total. The highest BCUT2D eigenvalue weighted by molar-refractivity contribution is 5.79. The summed E-state index contributed by atoms with van der Waals surface area (Å²) in [5, 5.41) is 0. The molecule has 0 aromatic carbocycles. The Kier molecular flexibility index (Phi) is 1.28. The Balaban J connectivity index is 2.68. The van der Waals surface area contributed by atoms with E-state index in [9.17, 15) is 9.59 Å². The van der Waals surface area contributed by atoms with Crippen LogP contribution in [-0.4, -0.2) is 18.1 Å². The van der Waals surface area contributed by atoms with Crippen molar-refractivity contribution in [1.82, 2.24) is 0 Å². The van der Waals surface area contributed by atoms with Crippen molar-refractivity contribution in [3.63, 3.8) is 0 Å². The van der Waals surface area contributed by atoms with Gasteiger partial charge in [-0.1, -0.05) is 0 Å². The monoisotopic (exact) mass is 146 g/mol. The van der Waals surface area contributed by atoms with Gasteiger partial charge < -0.3 is 14.2 Å². The molecule has 1 rings (SSSR count). The Labute approximate surface area is 56.9 Å². The van der Waals surface area contributed by atoms with Crippen molar-refractivity contribution in [2.45, 2.75) is 19.6 Å². The van der Waals surface area contributed by atoms with Gasteiger partial charge in [0.05, 0.1) is 0 Å². The molecule has 0 unspecified atom stereocenters. The van der Waals surface area contributed by atoms with Gasteiger partial charge in [-0.2, -0.15) is 0 Å². The summed E-state index contributed by atoms with van der Waals surface area (Å²) < 4.78 is 12.8. The molecule has 0 amide bonds. The van der Waals surface area contributed by atoms with Crippen LogP contribution >= 0.6 is 0 Å². The number of hydrogen-bond donors (Lipinski definition) is 0. The standard InChI is InChI=1S/C5H6O5/c1-5(2)9-3(6)8-4(7)10-5/h1-2H3. The third kappa shape index (κ3) is 1.37. The molecular weight excluding hydrogens is 140 g/mol. The third-order valence-corrected chi connectivity index (χ3v) is 0.825. The molecule has 1 aliphatic rings. The molecule has 56 valence electrons. The van der Waals surface area contributed by atoms with Gasteiger partial charge in [0.2, 0.25) is 0 Å². The smallest absolute Gasteiger partial charge is 0.391 e. The Morgan fingerprint density at radius 1 is 1.10 bits per heavy atom. The van der Waals surface area contributed by atoms with Gasteiger partial charge in [0.15, 0.2) is 0 Å². The molecule has 0 atom stereocenters. The second-order valence-corrected chi connectivity index (χ2v) is 2.21.